The van der Waals surface area contributed by atoms with Crippen molar-refractivity contribution in [2.24, 2.45) is 0 Å². The van der Waals surface area contributed by atoms with Crippen molar-refractivity contribution < 1.29 is 9.47 Å². The summed E-state index contributed by atoms with van der Waals surface area (Å²) >= 11 is 6.18. The van der Waals surface area contributed by atoms with Crippen LogP contribution in [0.2, 0.25) is 5.02 Å². The van der Waals surface area contributed by atoms with Crippen LogP contribution in [-0.4, -0.2) is 20.9 Å². The average Bonchev–Trinajstić information content (AvgIpc) is 2.94. The van der Waals surface area contributed by atoms with Crippen LogP contribution >= 0.6 is 11.6 Å². The molecule has 0 saturated carbocycles. The van der Waals surface area contributed by atoms with Crippen LogP contribution in [0, 0.1) is 0 Å². The summed E-state index contributed by atoms with van der Waals surface area (Å²) in [5.74, 6) is 1.34. The Morgan fingerprint density at radius 3 is 2.86 bits per heavy atom. The second-order valence-electron chi connectivity index (χ2n) is 5.11. The molecule has 0 aliphatic carbocycles. The number of benzene rings is 2. The molecular weight excluding hydrogens is 288 g/mol. The number of ether oxygens (including phenoxy) is 2. The first-order chi connectivity index (χ1) is 10.1. The van der Waals surface area contributed by atoms with Gasteiger partial charge in [0.25, 0.3) is 0 Å². The largest absolute Gasteiger partial charge is 0.454 e. The molecule has 0 saturated heterocycles. The highest BCUT2D eigenvalue weighted by Gasteiger charge is 2.18. The molecule has 1 heterocycles. The van der Waals surface area contributed by atoms with Crippen molar-refractivity contribution in [1.82, 2.24) is 0 Å². The van der Waals surface area contributed by atoms with Crippen molar-refractivity contribution in [2.45, 2.75) is 6.54 Å². The second kappa shape index (κ2) is 5.74. The molecule has 0 bridgehead atoms. The predicted octanol–water partition coefficient (Wildman–Crippen LogP) is 3.75. The number of nitrogens with zero attached hydrogens (tertiary/aromatic N) is 1. The SMILES string of the molecule is CN(C)c1cccc(NCc2cc(Cl)c3c(c2)OCO3)c1. The van der Waals surface area contributed by atoms with Crippen LogP contribution in [-0.2, 0) is 6.54 Å². The van der Waals surface area contributed by atoms with Gasteiger partial charge in [0.2, 0.25) is 6.79 Å². The van der Waals surface area contributed by atoms with Crippen molar-refractivity contribution in [2.75, 3.05) is 31.1 Å². The first-order valence-corrected chi connectivity index (χ1v) is 7.10. The van der Waals surface area contributed by atoms with Crippen molar-refractivity contribution in [3.05, 3.63) is 47.0 Å². The summed E-state index contributed by atoms with van der Waals surface area (Å²) in [6.07, 6.45) is 0. The molecule has 1 aliphatic heterocycles. The van der Waals surface area contributed by atoms with Gasteiger partial charge in [0.05, 0.1) is 5.02 Å². The highest BCUT2D eigenvalue weighted by Crippen LogP contribution is 2.39. The quantitative estimate of drug-likeness (QED) is 0.933. The minimum atomic E-state index is 0.233. The fraction of sp³-hybridized carbons (Fsp3) is 0.250. The zero-order valence-electron chi connectivity index (χ0n) is 12.0. The topological polar surface area (TPSA) is 33.7 Å². The average molecular weight is 305 g/mol. The molecule has 1 N–H and O–H groups in total. The lowest BCUT2D eigenvalue weighted by Crippen LogP contribution is -2.09. The first kappa shape index (κ1) is 13.9. The van der Waals surface area contributed by atoms with Crippen LogP contribution in [0.1, 0.15) is 5.56 Å². The van der Waals surface area contributed by atoms with Gasteiger partial charge in [-0.05, 0) is 35.9 Å². The van der Waals surface area contributed by atoms with E-state index in [1.807, 2.05) is 38.4 Å². The van der Waals surface area contributed by atoms with E-state index in [4.69, 9.17) is 21.1 Å². The molecule has 5 heteroatoms. The van der Waals surface area contributed by atoms with Gasteiger partial charge in [0.1, 0.15) is 0 Å². The van der Waals surface area contributed by atoms with Crippen molar-refractivity contribution in [3.8, 4) is 11.5 Å². The third-order valence-corrected chi connectivity index (χ3v) is 3.63. The fourth-order valence-electron chi connectivity index (χ4n) is 2.22. The van der Waals surface area contributed by atoms with E-state index in [0.717, 1.165) is 16.9 Å². The number of hydrogen-bond donors (Lipinski definition) is 1. The van der Waals surface area contributed by atoms with E-state index in [1.54, 1.807) is 0 Å². The lowest BCUT2D eigenvalue weighted by atomic mass is 10.2. The van der Waals surface area contributed by atoms with E-state index in [1.165, 1.54) is 0 Å². The van der Waals surface area contributed by atoms with Gasteiger partial charge in [-0.25, -0.2) is 0 Å². The first-order valence-electron chi connectivity index (χ1n) is 6.73. The summed E-state index contributed by atoms with van der Waals surface area (Å²) in [5.41, 5.74) is 3.28. The molecule has 3 rings (SSSR count). The lowest BCUT2D eigenvalue weighted by molar-refractivity contribution is 0.174. The Bertz CT molecular complexity index is 659. The van der Waals surface area contributed by atoms with E-state index in [2.05, 4.69) is 22.3 Å². The Labute approximate surface area is 129 Å². The molecule has 4 nitrogen and oxygen atoms in total. The van der Waals surface area contributed by atoms with Gasteiger partial charge in [-0.15, -0.1) is 0 Å². The Morgan fingerprint density at radius 1 is 1.19 bits per heavy atom. The Morgan fingerprint density at radius 2 is 2.05 bits per heavy atom. The zero-order valence-corrected chi connectivity index (χ0v) is 12.8. The maximum atomic E-state index is 6.18. The van der Waals surface area contributed by atoms with Crippen LogP contribution in [0.3, 0.4) is 0 Å². The third-order valence-electron chi connectivity index (χ3n) is 3.35. The van der Waals surface area contributed by atoms with Crippen molar-refractivity contribution in [3.63, 3.8) is 0 Å². The summed E-state index contributed by atoms with van der Waals surface area (Å²) in [4.78, 5) is 2.07. The summed E-state index contributed by atoms with van der Waals surface area (Å²) in [6, 6.07) is 12.1. The summed E-state index contributed by atoms with van der Waals surface area (Å²) in [7, 11) is 4.05. The minimum Gasteiger partial charge on any atom is -0.454 e. The summed E-state index contributed by atoms with van der Waals surface area (Å²) < 4.78 is 10.7. The Balaban J connectivity index is 1.73. The lowest BCUT2D eigenvalue weighted by Gasteiger charge is -2.14. The summed E-state index contributed by atoms with van der Waals surface area (Å²) in [6.45, 7) is 0.907. The van der Waals surface area contributed by atoms with E-state index < -0.39 is 0 Å². The predicted molar refractivity (Wildman–Crippen MR) is 85.7 cm³/mol. The molecule has 0 atom stereocenters. The van der Waals surface area contributed by atoms with Crippen LogP contribution in [0.15, 0.2) is 36.4 Å². The Kier molecular flexibility index (Phi) is 3.80. The summed E-state index contributed by atoms with van der Waals surface area (Å²) in [5, 5.41) is 3.98. The van der Waals surface area contributed by atoms with Crippen LogP contribution in [0.4, 0.5) is 11.4 Å². The molecule has 21 heavy (non-hydrogen) atoms. The van der Waals surface area contributed by atoms with Crippen molar-refractivity contribution in [1.29, 1.82) is 0 Å². The smallest absolute Gasteiger partial charge is 0.231 e. The number of nitrogens with one attached hydrogen (secondary N) is 1. The molecule has 2 aromatic rings. The molecule has 0 radical (unpaired) electrons. The third kappa shape index (κ3) is 3.00. The number of fused-ring (bicyclic) bond motifs is 1. The normalized spacial score (nSPS) is 12.3. The van der Waals surface area contributed by atoms with Gasteiger partial charge in [0.15, 0.2) is 11.5 Å². The number of hydrogen-bond acceptors (Lipinski definition) is 4. The van der Waals surface area contributed by atoms with Gasteiger partial charge < -0.3 is 19.7 Å². The van der Waals surface area contributed by atoms with E-state index >= 15 is 0 Å². The fourth-order valence-corrected chi connectivity index (χ4v) is 2.51. The molecule has 0 fully saturated rings. The number of anilines is 2. The second-order valence-corrected chi connectivity index (χ2v) is 5.52. The number of halogens is 1. The van der Waals surface area contributed by atoms with E-state index in [9.17, 15) is 0 Å². The van der Waals surface area contributed by atoms with Gasteiger partial charge >= 0.3 is 0 Å². The maximum Gasteiger partial charge on any atom is 0.231 e. The molecule has 0 unspecified atom stereocenters. The van der Waals surface area contributed by atoms with Crippen molar-refractivity contribution >= 4 is 23.0 Å². The standard InChI is InChI=1S/C16H17ClN2O2/c1-19(2)13-5-3-4-12(8-13)18-9-11-6-14(17)16-15(7-11)20-10-21-16/h3-8,18H,9-10H2,1-2H3. The van der Waals surface area contributed by atoms with Crippen LogP contribution in [0.5, 0.6) is 11.5 Å². The Hall–Kier alpha value is -2.07. The zero-order chi connectivity index (χ0) is 14.8. The molecule has 2 aromatic carbocycles. The highest BCUT2D eigenvalue weighted by atomic mass is 35.5. The molecule has 0 aromatic heterocycles. The molecule has 1 aliphatic rings. The van der Waals surface area contributed by atoms with Gasteiger partial charge in [-0.3, -0.25) is 0 Å². The molecule has 110 valence electrons. The van der Waals surface area contributed by atoms with Gasteiger partial charge in [-0.1, -0.05) is 17.7 Å². The van der Waals surface area contributed by atoms with Crippen LogP contribution < -0.4 is 19.7 Å². The monoisotopic (exact) mass is 304 g/mol. The molecule has 0 spiro atoms. The molecule has 0 amide bonds. The molecular formula is C16H17ClN2O2. The highest BCUT2D eigenvalue weighted by molar-refractivity contribution is 6.32. The maximum absolute atomic E-state index is 6.18. The minimum absolute atomic E-state index is 0.233. The van der Waals surface area contributed by atoms with E-state index in [-0.39, 0.29) is 6.79 Å². The van der Waals surface area contributed by atoms with Gasteiger partial charge in [-0.2, -0.15) is 0 Å². The van der Waals surface area contributed by atoms with E-state index in [0.29, 0.717) is 23.1 Å². The van der Waals surface area contributed by atoms with Gasteiger partial charge in [0, 0.05) is 32.0 Å². The van der Waals surface area contributed by atoms with Crippen LogP contribution in [0.25, 0.3) is 0 Å². The number of rotatable bonds is 4.